The first-order valence-electron chi connectivity index (χ1n) is 8.85. The number of aryl methyl sites for hydroxylation is 1. The van der Waals surface area contributed by atoms with Gasteiger partial charge in [-0.1, -0.05) is 0 Å². The molecule has 0 radical (unpaired) electrons. The van der Waals surface area contributed by atoms with Crippen LogP contribution in [0.15, 0.2) is 28.9 Å². The van der Waals surface area contributed by atoms with Crippen LogP contribution >= 0.6 is 0 Å². The van der Waals surface area contributed by atoms with Crippen LogP contribution in [0.2, 0.25) is 0 Å². The van der Waals surface area contributed by atoms with Gasteiger partial charge in [0.25, 0.3) is 5.91 Å². The molecule has 1 saturated carbocycles. The van der Waals surface area contributed by atoms with Crippen molar-refractivity contribution in [3.05, 3.63) is 36.0 Å². The van der Waals surface area contributed by atoms with E-state index in [-0.39, 0.29) is 5.91 Å². The lowest BCUT2D eigenvalue weighted by molar-refractivity contribution is 0.0713. The molecule has 0 atom stereocenters. The molecule has 4 rings (SSSR count). The van der Waals surface area contributed by atoms with Crippen LogP contribution in [0.5, 0.6) is 0 Å². The van der Waals surface area contributed by atoms with Gasteiger partial charge in [0, 0.05) is 38.8 Å². The lowest BCUT2D eigenvalue weighted by Crippen LogP contribution is -2.49. The summed E-state index contributed by atoms with van der Waals surface area (Å²) in [4.78, 5) is 25.2. The number of aromatic nitrogens is 2. The van der Waals surface area contributed by atoms with E-state index in [0.29, 0.717) is 18.8 Å². The maximum Gasteiger partial charge on any atom is 0.289 e. The Balaban J connectivity index is 1.35. The van der Waals surface area contributed by atoms with E-state index in [9.17, 15) is 4.79 Å². The fourth-order valence-electron chi connectivity index (χ4n) is 3.03. The Morgan fingerprint density at radius 3 is 2.72 bits per heavy atom. The fraction of sp³-hybridized carbons (Fsp3) is 0.500. The number of carbonyl (C=O) groups is 1. The van der Waals surface area contributed by atoms with Crippen LogP contribution in [0.1, 0.15) is 29.2 Å². The van der Waals surface area contributed by atoms with E-state index >= 15 is 0 Å². The highest BCUT2D eigenvalue weighted by atomic mass is 16.3. The van der Waals surface area contributed by atoms with Crippen LogP contribution in [-0.4, -0.2) is 53.5 Å². The van der Waals surface area contributed by atoms with Crippen LogP contribution in [0.25, 0.3) is 0 Å². The van der Waals surface area contributed by atoms with Crippen molar-refractivity contribution in [2.24, 2.45) is 5.92 Å². The van der Waals surface area contributed by atoms with E-state index in [1.54, 1.807) is 12.4 Å². The topological polar surface area (TPSA) is 74.5 Å². The first-order valence-corrected chi connectivity index (χ1v) is 8.85. The first-order chi connectivity index (χ1) is 12.2. The van der Waals surface area contributed by atoms with Gasteiger partial charge in [-0.15, -0.1) is 0 Å². The Morgan fingerprint density at radius 1 is 1.24 bits per heavy atom. The van der Waals surface area contributed by atoms with Crippen molar-refractivity contribution in [1.29, 1.82) is 0 Å². The predicted octanol–water partition coefficient (Wildman–Crippen LogP) is 2.16. The van der Waals surface area contributed by atoms with Gasteiger partial charge in [0.1, 0.15) is 23.7 Å². The van der Waals surface area contributed by atoms with Gasteiger partial charge in [0.15, 0.2) is 5.76 Å². The molecule has 2 aromatic rings. The van der Waals surface area contributed by atoms with Crippen molar-refractivity contribution < 1.29 is 9.21 Å². The summed E-state index contributed by atoms with van der Waals surface area (Å²) in [5.41, 5.74) is 0. The van der Waals surface area contributed by atoms with Gasteiger partial charge < -0.3 is 19.5 Å². The van der Waals surface area contributed by atoms with E-state index in [2.05, 4.69) is 20.2 Å². The average Bonchev–Trinajstić information content (AvgIpc) is 3.39. The van der Waals surface area contributed by atoms with Crippen molar-refractivity contribution in [2.45, 2.75) is 19.8 Å². The zero-order chi connectivity index (χ0) is 17.2. The summed E-state index contributed by atoms with van der Waals surface area (Å²) in [6.45, 7) is 5.66. The van der Waals surface area contributed by atoms with Crippen molar-refractivity contribution in [2.75, 3.05) is 42.9 Å². The van der Waals surface area contributed by atoms with Crippen LogP contribution in [0, 0.1) is 12.8 Å². The molecule has 3 heterocycles. The lowest BCUT2D eigenvalue weighted by Gasteiger charge is -2.35. The minimum Gasteiger partial charge on any atom is -0.456 e. The van der Waals surface area contributed by atoms with E-state index < -0.39 is 0 Å². The SMILES string of the molecule is Cc1ccc(C(=O)N2CCN(c3cc(NCC4CC4)ncn3)CC2)o1. The molecule has 0 spiro atoms. The molecule has 1 aliphatic carbocycles. The van der Waals surface area contributed by atoms with E-state index in [1.807, 2.05) is 24.0 Å². The zero-order valence-corrected chi connectivity index (χ0v) is 14.4. The average molecular weight is 341 g/mol. The Morgan fingerprint density at radius 2 is 2.04 bits per heavy atom. The standard InChI is InChI=1S/C18H23N5O2/c1-13-2-5-15(25-13)18(24)23-8-6-22(7-9-23)17-10-16(20-12-21-17)19-11-14-3-4-14/h2,5,10,12,14H,3-4,6-9,11H2,1H3,(H,19,20,21). The smallest absolute Gasteiger partial charge is 0.289 e. The molecule has 2 aliphatic rings. The van der Waals surface area contributed by atoms with Crippen molar-refractivity contribution in [3.63, 3.8) is 0 Å². The normalized spacial score (nSPS) is 17.6. The second kappa shape index (κ2) is 6.74. The number of anilines is 2. The molecule has 0 unspecified atom stereocenters. The maximum absolute atomic E-state index is 12.4. The molecule has 1 N–H and O–H groups in total. The Hall–Kier alpha value is -2.57. The molecular formula is C18H23N5O2. The third kappa shape index (κ3) is 3.75. The van der Waals surface area contributed by atoms with E-state index in [0.717, 1.165) is 42.9 Å². The highest BCUT2D eigenvalue weighted by molar-refractivity contribution is 5.91. The maximum atomic E-state index is 12.4. The second-order valence-electron chi connectivity index (χ2n) is 6.78. The number of hydrogen-bond donors (Lipinski definition) is 1. The van der Waals surface area contributed by atoms with Crippen LogP contribution in [0.3, 0.4) is 0 Å². The van der Waals surface area contributed by atoms with Gasteiger partial charge in [-0.2, -0.15) is 0 Å². The lowest BCUT2D eigenvalue weighted by atomic mass is 10.2. The zero-order valence-electron chi connectivity index (χ0n) is 14.4. The van der Waals surface area contributed by atoms with Gasteiger partial charge in [-0.05, 0) is 37.8 Å². The monoisotopic (exact) mass is 341 g/mol. The van der Waals surface area contributed by atoms with Crippen LogP contribution in [0.4, 0.5) is 11.6 Å². The third-order valence-corrected chi connectivity index (χ3v) is 4.76. The number of carbonyl (C=O) groups excluding carboxylic acids is 1. The Bertz CT molecular complexity index is 747. The minimum absolute atomic E-state index is 0.0396. The number of hydrogen-bond acceptors (Lipinski definition) is 6. The second-order valence-corrected chi connectivity index (χ2v) is 6.78. The summed E-state index contributed by atoms with van der Waals surface area (Å²) in [6, 6.07) is 5.56. The number of nitrogens with one attached hydrogen (secondary N) is 1. The van der Waals surface area contributed by atoms with Crippen molar-refractivity contribution in [3.8, 4) is 0 Å². The predicted molar refractivity (Wildman–Crippen MR) is 94.8 cm³/mol. The number of amides is 1. The molecule has 0 aromatic carbocycles. The molecule has 0 bridgehead atoms. The molecule has 7 nitrogen and oxygen atoms in total. The number of rotatable bonds is 5. The molecule has 2 aromatic heterocycles. The van der Waals surface area contributed by atoms with Gasteiger partial charge in [0.05, 0.1) is 0 Å². The van der Waals surface area contributed by atoms with Crippen LogP contribution in [-0.2, 0) is 0 Å². The molecule has 2 fully saturated rings. The fourth-order valence-corrected chi connectivity index (χ4v) is 3.03. The molecular weight excluding hydrogens is 318 g/mol. The first kappa shape index (κ1) is 15.9. The van der Waals surface area contributed by atoms with Gasteiger partial charge in [0.2, 0.25) is 0 Å². The summed E-state index contributed by atoms with van der Waals surface area (Å²) in [6.07, 6.45) is 4.24. The molecule has 1 amide bonds. The molecule has 132 valence electrons. The van der Waals surface area contributed by atoms with Gasteiger partial charge in [-0.3, -0.25) is 4.79 Å². The summed E-state index contributed by atoms with van der Waals surface area (Å²) in [5.74, 6) is 3.73. The van der Waals surface area contributed by atoms with E-state index in [1.165, 1.54) is 12.8 Å². The highest BCUT2D eigenvalue weighted by Crippen LogP contribution is 2.29. The third-order valence-electron chi connectivity index (χ3n) is 4.76. The molecule has 25 heavy (non-hydrogen) atoms. The summed E-state index contributed by atoms with van der Waals surface area (Å²) in [5, 5.41) is 3.38. The minimum atomic E-state index is -0.0396. The largest absolute Gasteiger partial charge is 0.456 e. The van der Waals surface area contributed by atoms with E-state index in [4.69, 9.17) is 4.42 Å². The van der Waals surface area contributed by atoms with Crippen LogP contribution < -0.4 is 10.2 Å². The Kier molecular flexibility index (Phi) is 4.29. The molecule has 1 saturated heterocycles. The quantitative estimate of drug-likeness (QED) is 0.898. The van der Waals surface area contributed by atoms with Gasteiger partial charge in [-0.25, -0.2) is 9.97 Å². The summed E-state index contributed by atoms with van der Waals surface area (Å²) in [7, 11) is 0. The van der Waals surface area contributed by atoms with Crippen molar-refractivity contribution in [1.82, 2.24) is 14.9 Å². The Labute approximate surface area is 147 Å². The molecule has 7 heteroatoms. The number of nitrogens with zero attached hydrogens (tertiary/aromatic N) is 4. The molecule has 1 aliphatic heterocycles. The number of furan rings is 1. The highest BCUT2D eigenvalue weighted by Gasteiger charge is 2.25. The van der Waals surface area contributed by atoms with Crippen molar-refractivity contribution >= 4 is 17.5 Å². The van der Waals surface area contributed by atoms with Gasteiger partial charge >= 0.3 is 0 Å². The summed E-state index contributed by atoms with van der Waals surface area (Å²) < 4.78 is 5.44. The summed E-state index contributed by atoms with van der Waals surface area (Å²) >= 11 is 0. The number of piperazine rings is 1.